The smallest absolute Gasteiger partial charge is 0.0128 e. The predicted molar refractivity (Wildman–Crippen MR) is 158 cm³/mol. The summed E-state index contributed by atoms with van der Waals surface area (Å²) in [5, 5.41) is 2.68. The van der Waals surface area contributed by atoms with Gasteiger partial charge < -0.3 is 0 Å². The highest BCUT2D eigenvalue weighted by Crippen LogP contribution is 2.20. The Bertz CT molecular complexity index is 701. The van der Waals surface area contributed by atoms with E-state index in [9.17, 15) is 0 Å². The van der Waals surface area contributed by atoms with E-state index in [0.717, 1.165) is 24.6 Å². The van der Waals surface area contributed by atoms with E-state index in [1.165, 1.54) is 33.0 Å². The van der Waals surface area contributed by atoms with Crippen molar-refractivity contribution >= 4 is 47.7 Å². The summed E-state index contributed by atoms with van der Waals surface area (Å²) in [5.74, 6) is 0. The molecule has 30 heavy (non-hydrogen) atoms. The van der Waals surface area contributed by atoms with Crippen LogP contribution in [0, 0.1) is 0 Å². The Morgan fingerprint density at radius 2 is 0.633 bits per heavy atom. The van der Waals surface area contributed by atoms with Crippen LogP contribution in [0.2, 0.25) is 0 Å². The summed E-state index contributed by atoms with van der Waals surface area (Å²) in [5.41, 5.74) is 5.52. The van der Waals surface area contributed by atoms with Crippen molar-refractivity contribution in [3.8, 4) is 0 Å². The second-order valence-electron chi connectivity index (χ2n) is 5.65. The minimum absolute atomic E-state index is 1.03. The quantitative estimate of drug-likeness (QED) is 0.327. The molecule has 0 nitrogen and oxygen atoms in total. The molecule has 4 unspecified atom stereocenters. The number of fused-ring (bicyclic) bond motifs is 1. The molecule has 0 radical (unpaired) electrons. The molecule has 0 aliphatic heterocycles. The van der Waals surface area contributed by atoms with E-state index in [2.05, 4.69) is 97.6 Å². The van der Waals surface area contributed by atoms with Crippen molar-refractivity contribution in [3.63, 3.8) is 0 Å². The highest BCUT2D eigenvalue weighted by Gasteiger charge is 1.96. The minimum Gasteiger partial charge on any atom is -0.133 e. The highest BCUT2D eigenvalue weighted by atomic mass is 31.0. The van der Waals surface area contributed by atoms with Crippen molar-refractivity contribution in [3.05, 3.63) is 82.9 Å². The largest absolute Gasteiger partial charge is 0.133 e. The van der Waals surface area contributed by atoms with Crippen LogP contribution < -0.4 is 0 Å². The number of hydrogen-bond acceptors (Lipinski definition) is 0. The van der Waals surface area contributed by atoms with Gasteiger partial charge in [0.2, 0.25) is 0 Å². The summed E-state index contributed by atoms with van der Waals surface area (Å²) in [6.07, 6.45) is 4.16. The van der Waals surface area contributed by atoms with E-state index in [1.54, 1.807) is 0 Å². The summed E-state index contributed by atoms with van der Waals surface area (Å²) >= 11 is 0. The van der Waals surface area contributed by atoms with Gasteiger partial charge in [0.05, 0.1) is 0 Å². The molecule has 0 bridgehead atoms. The molecule has 0 N–H and O–H groups in total. The van der Waals surface area contributed by atoms with E-state index in [1.807, 2.05) is 41.5 Å². The van der Waals surface area contributed by atoms with Crippen LogP contribution in [0.4, 0.5) is 0 Å². The molecule has 0 aliphatic carbocycles. The van der Waals surface area contributed by atoms with Crippen molar-refractivity contribution in [2.75, 3.05) is 0 Å². The standard InChI is InChI=1S/C12H14P2.C8H12P2.3C2H6/c13-7-9-1-3-11-6-10(8-14)2-4-12(11)5-9;9-5-7-1-2-8(6-10)4-3-7;3*1-2/h1-6H,7-8,13-14H2;1-4H,5-6,9-10H2;3*1-2H3. The summed E-state index contributed by atoms with van der Waals surface area (Å²) < 4.78 is 0. The summed E-state index contributed by atoms with van der Waals surface area (Å²) in [6, 6.07) is 22.0. The molecule has 0 aromatic heterocycles. The maximum Gasteiger partial charge on any atom is -0.0128 e. The molecule has 3 aromatic rings. The Morgan fingerprint density at radius 1 is 0.400 bits per heavy atom. The molecule has 0 saturated carbocycles. The fourth-order valence-corrected chi connectivity index (χ4v) is 3.46. The van der Waals surface area contributed by atoms with Gasteiger partial charge >= 0.3 is 0 Å². The number of benzene rings is 3. The summed E-state index contributed by atoms with van der Waals surface area (Å²) in [4.78, 5) is 0. The lowest BCUT2D eigenvalue weighted by atomic mass is 10.1. The normalized spacial score (nSPS) is 8.87. The van der Waals surface area contributed by atoms with Crippen LogP contribution in [-0.2, 0) is 24.6 Å². The lowest BCUT2D eigenvalue weighted by Gasteiger charge is -2.03. The van der Waals surface area contributed by atoms with Crippen LogP contribution in [0.15, 0.2) is 60.7 Å². The van der Waals surface area contributed by atoms with E-state index >= 15 is 0 Å². The van der Waals surface area contributed by atoms with Crippen molar-refractivity contribution in [1.82, 2.24) is 0 Å². The zero-order valence-corrected chi connectivity index (χ0v) is 24.5. The third-order valence-electron chi connectivity index (χ3n) is 3.93. The van der Waals surface area contributed by atoms with Crippen molar-refractivity contribution in [2.24, 2.45) is 0 Å². The van der Waals surface area contributed by atoms with Crippen LogP contribution in [0.1, 0.15) is 63.8 Å². The van der Waals surface area contributed by atoms with Gasteiger partial charge in [-0.3, -0.25) is 0 Å². The van der Waals surface area contributed by atoms with Crippen molar-refractivity contribution in [2.45, 2.75) is 66.2 Å². The molecule has 3 rings (SSSR count). The second-order valence-corrected chi connectivity index (χ2v) is 7.28. The van der Waals surface area contributed by atoms with Crippen LogP contribution >= 0.6 is 37.0 Å². The molecule has 0 spiro atoms. The van der Waals surface area contributed by atoms with Gasteiger partial charge in [0, 0.05) is 0 Å². The molecule has 168 valence electrons. The lowest BCUT2D eigenvalue weighted by Crippen LogP contribution is -1.81. The third-order valence-corrected chi connectivity index (χ3v) is 5.82. The zero-order chi connectivity index (χ0) is 23.4. The van der Waals surface area contributed by atoms with E-state index < -0.39 is 0 Å². The van der Waals surface area contributed by atoms with Gasteiger partial charge in [-0.05, 0) is 57.7 Å². The fourth-order valence-electron chi connectivity index (χ4n) is 2.41. The van der Waals surface area contributed by atoms with Crippen molar-refractivity contribution in [1.29, 1.82) is 0 Å². The average Bonchev–Trinajstić information content (AvgIpc) is 2.87. The van der Waals surface area contributed by atoms with E-state index in [4.69, 9.17) is 0 Å². The first-order valence-corrected chi connectivity index (χ1v) is 14.4. The third kappa shape index (κ3) is 12.5. The Hall–Kier alpha value is -0.360. The molecule has 4 atom stereocenters. The zero-order valence-electron chi connectivity index (χ0n) is 19.9. The van der Waals surface area contributed by atoms with Gasteiger partial charge in [0.15, 0.2) is 0 Å². The molecular formula is C26H44P4. The monoisotopic (exact) mass is 480 g/mol. The predicted octanol–water partition coefficient (Wildman–Crippen LogP) is 9.11. The van der Waals surface area contributed by atoms with Crippen LogP contribution in [0.25, 0.3) is 10.8 Å². The van der Waals surface area contributed by atoms with Crippen LogP contribution in [0.3, 0.4) is 0 Å². The fraction of sp³-hybridized carbons (Fsp3) is 0.385. The molecule has 0 saturated heterocycles. The first-order chi connectivity index (χ1) is 14.7. The SMILES string of the molecule is CC.CC.CC.PCc1ccc(CP)cc1.PCc1ccc2cc(CP)ccc2c1. The van der Waals surface area contributed by atoms with Gasteiger partial charge in [-0.15, -0.1) is 37.0 Å². The molecule has 0 amide bonds. The number of hydrogen-bond donors (Lipinski definition) is 0. The van der Waals surface area contributed by atoms with Crippen LogP contribution in [0.5, 0.6) is 0 Å². The average molecular weight is 481 g/mol. The molecular weight excluding hydrogens is 436 g/mol. The van der Waals surface area contributed by atoms with Gasteiger partial charge in [0.25, 0.3) is 0 Å². The topological polar surface area (TPSA) is 0 Å². The Kier molecular flexibility index (Phi) is 23.2. The first-order valence-electron chi connectivity index (χ1n) is 11.1. The first kappa shape index (κ1) is 31.8. The maximum absolute atomic E-state index is 2.76. The van der Waals surface area contributed by atoms with Crippen molar-refractivity contribution < 1.29 is 0 Å². The summed E-state index contributed by atoms with van der Waals surface area (Å²) in [6.45, 7) is 12.0. The molecule has 0 heterocycles. The van der Waals surface area contributed by atoms with E-state index in [0.29, 0.717) is 0 Å². The lowest BCUT2D eigenvalue weighted by molar-refractivity contribution is 1.35. The highest BCUT2D eigenvalue weighted by molar-refractivity contribution is 7.16. The van der Waals surface area contributed by atoms with Gasteiger partial charge in [-0.25, -0.2) is 0 Å². The van der Waals surface area contributed by atoms with Crippen LogP contribution in [-0.4, -0.2) is 0 Å². The minimum atomic E-state index is 1.03. The molecule has 0 fully saturated rings. The Balaban J connectivity index is 0. The second kappa shape index (κ2) is 21.9. The number of rotatable bonds is 4. The molecule has 3 aromatic carbocycles. The molecule has 0 aliphatic rings. The maximum atomic E-state index is 2.76. The molecule has 4 heteroatoms. The summed E-state index contributed by atoms with van der Waals surface area (Å²) in [7, 11) is 11.0. The Labute approximate surface area is 196 Å². The van der Waals surface area contributed by atoms with Gasteiger partial charge in [0.1, 0.15) is 0 Å². The van der Waals surface area contributed by atoms with Gasteiger partial charge in [-0.2, -0.15) is 0 Å². The Morgan fingerprint density at radius 3 is 0.867 bits per heavy atom. The van der Waals surface area contributed by atoms with Gasteiger partial charge in [-0.1, -0.05) is 102 Å². The van der Waals surface area contributed by atoms with E-state index in [-0.39, 0.29) is 0 Å².